The zero-order valence-electron chi connectivity index (χ0n) is 36.5. The molecule has 0 atom stereocenters. The van der Waals surface area contributed by atoms with Crippen LogP contribution in [0.4, 0.5) is 34.1 Å². The van der Waals surface area contributed by atoms with E-state index in [0.717, 1.165) is 45.3 Å². The summed E-state index contributed by atoms with van der Waals surface area (Å²) in [4.78, 5) is 4.69. The van der Waals surface area contributed by atoms with Crippen LogP contribution < -0.4 is 9.80 Å². The molecule has 11 aromatic rings. The number of nitrogens with zero attached hydrogens (tertiary/aromatic N) is 2. The molecule has 0 aliphatic rings. The van der Waals surface area contributed by atoms with Crippen LogP contribution in [0.25, 0.3) is 66.4 Å². The Hall–Kier alpha value is -8.72. The fourth-order valence-corrected chi connectivity index (χ4v) is 9.00. The molecule has 0 heterocycles. The van der Waals surface area contributed by atoms with Crippen molar-refractivity contribution in [3.05, 3.63) is 279 Å². The quantitative estimate of drug-likeness (QED) is 0.128. The molecule has 0 N–H and O–H groups in total. The Balaban J connectivity index is 0.905. The molecule has 0 radical (unpaired) electrons. The summed E-state index contributed by atoms with van der Waals surface area (Å²) in [6.45, 7) is 0. The van der Waals surface area contributed by atoms with Gasteiger partial charge in [0.25, 0.3) is 0 Å². The molecular weight excluding hydrogens is 797 g/mol. The zero-order chi connectivity index (χ0) is 44.1. The number of rotatable bonds is 11. The molecule has 0 spiro atoms. The maximum absolute atomic E-state index is 2.35. The van der Waals surface area contributed by atoms with Crippen LogP contribution in [-0.4, -0.2) is 0 Å². The van der Waals surface area contributed by atoms with E-state index < -0.39 is 0 Å². The van der Waals surface area contributed by atoms with E-state index >= 15 is 0 Å². The highest BCUT2D eigenvalue weighted by molar-refractivity contribution is 5.90. The molecule has 2 heteroatoms. The summed E-state index contributed by atoms with van der Waals surface area (Å²) in [5.74, 6) is 0. The summed E-state index contributed by atoms with van der Waals surface area (Å²) in [7, 11) is 0. The molecule has 0 aromatic heterocycles. The molecule has 11 rings (SSSR count). The van der Waals surface area contributed by atoms with Crippen molar-refractivity contribution in [2.45, 2.75) is 0 Å². The Labute approximate surface area is 387 Å². The Bertz CT molecular complexity index is 3260. The molecule has 0 aliphatic heterocycles. The molecule has 0 aliphatic carbocycles. The maximum Gasteiger partial charge on any atom is 0.0468 e. The largest absolute Gasteiger partial charge is 0.311 e. The van der Waals surface area contributed by atoms with Crippen LogP contribution in [-0.2, 0) is 0 Å². The third-order valence-corrected chi connectivity index (χ3v) is 12.5. The van der Waals surface area contributed by atoms with E-state index in [1.54, 1.807) is 0 Å². The second kappa shape index (κ2) is 18.2. The second-order valence-corrected chi connectivity index (χ2v) is 16.6. The fraction of sp³-hybridized carbons (Fsp3) is 0. The fourth-order valence-electron chi connectivity index (χ4n) is 9.00. The Kier molecular flexibility index (Phi) is 11.0. The van der Waals surface area contributed by atoms with Gasteiger partial charge in [-0.15, -0.1) is 0 Å². The topological polar surface area (TPSA) is 6.48 Å². The lowest BCUT2D eigenvalue weighted by Gasteiger charge is -2.27. The second-order valence-electron chi connectivity index (χ2n) is 16.6. The smallest absolute Gasteiger partial charge is 0.0468 e. The van der Waals surface area contributed by atoms with Gasteiger partial charge in [0.05, 0.1) is 0 Å². The van der Waals surface area contributed by atoms with Crippen molar-refractivity contribution in [3.63, 3.8) is 0 Å². The van der Waals surface area contributed by atoms with Crippen molar-refractivity contribution in [1.29, 1.82) is 0 Å². The lowest BCUT2D eigenvalue weighted by atomic mass is 9.99. The van der Waals surface area contributed by atoms with Gasteiger partial charge in [0, 0.05) is 34.1 Å². The SMILES string of the molecule is c1ccc(-c2ccc(N(c3ccc(-c4ccccc4)cc3)c3ccc(-c4ccc(N(c5ccc(-c6cccc(-c7ccccc7)c6)cc5)c5ccc6ccccc6c5)cc4)cc3)cc2)cc1. The number of fused-ring (bicyclic) bond motifs is 1. The van der Waals surface area contributed by atoms with Crippen molar-refractivity contribution in [2.24, 2.45) is 0 Å². The zero-order valence-corrected chi connectivity index (χ0v) is 36.5. The summed E-state index contributed by atoms with van der Waals surface area (Å²) >= 11 is 0. The van der Waals surface area contributed by atoms with Gasteiger partial charge in [-0.25, -0.2) is 0 Å². The Morgan fingerprint density at radius 3 is 0.788 bits per heavy atom. The lowest BCUT2D eigenvalue weighted by Crippen LogP contribution is -2.10. The highest BCUT2D eigenvalue weighted by atomic mass is 15.1. The lowest BCUT2D eigenvalue weighted by molar-refractivity contribution is 1.28. The van der Waals surface area contributed by atoms with E-state index in [1.165, 1.54) is 55.3 Å². The molecule has 11 aromatic carbocycles. The van der Waals surface area contributed by atoms with E-state index in [-0.39, 0.29) is 0 Å². The molecule has 0 unspecified atom stereocenters. The minimum Gasteiger partial charge on any atom is -0.311 e. The van der Waals surface area contributed by atoms with Crippen LogP contribution in [0.3, 0.4) is 0 Å². The summed E-state index contributed by atoms with van der Waals surface area (Å²) < 4.78 is 0. The third-order valence-electron chi connectivity index (χ3n) is 12.5. The Morgan fingerprint density at radius 1 is 0.152 bits per heavy atom. The predicted octanol–water partition coefficient (Wildman–Crippen LogP) is 18.1. The van der Waals surface area contributed by atoms with Crippen molar-refractivity contribution in [3.8, 4) is 55.6 Å². The van der Waals surface area contributed by atoms with Crippen LogP contribution in [0, 0.1) is 0 Å². The van der Waals surface area contributed by atoms with Crippen molar-refractivity contribution in [2.75, 3.05) is 9.80 Å². The number of anilines is 6. The predicted molar refractivity (Wildman–Crippen MR) is 280 cm³/mol. The minimum absolute atomic E-state index is 1.09. The van der Waals surface area contributed by atoms with E-state index in [2.05, 4.69) is 289 Å². The number of hydrogen-bond acceptors (Lipinski definition) is 2. The van der Waals surface area contributed by atoms with Gasteiger partial charge in [0.1, 0.15) is 0 Å². The summed E-state index contributed by atoms with van der Waals surface area (Å²) in [6, 6.07) is 100. The molecule has 0 fully saturated rings. The average molecular weight is 843 g/mol. The minimum atomic E-state index is 1.09. The average Bonchev–Trinajstić information content (AvgIpc) is 3.41. The van der Waals surface area contributed by atoms with Crippen LogP contribution in [0.5, 0.6) is 0 Å². The van der Waals surface area contributed by atoms with Gasteiger partial charge in [-0.3, -0.25) is 0 Å². The van der Waals surface area contributed by atoms with Crippen LogP contribution >= 0.6 is 0 Å². The van der Waals surface area contributed by atoms with Gasteiger partial charge in [-0.1, -0.05) is 200 Å². The Morgan fingerprint density at radius 2 is 0.409 bits per heavy atom. The van der Waals surface area contributed by atoms with Crippen molar-refractivity contribution in [1.82, 2.24) is 0 Å². The number of hydrogen-bond donors (Lipinski definition) is 0. The van der Waals surface area contributed by atoms with Gasteiger partial charge in [-0.2, -0.15) is 0 Å². The first-order valence-corrected chi connectivity index (χ1v) is 22.6. The molecule has 0 amide bonds. The van der Waals surface area contributed by atoms with Crippen LogP contribution in [0.15, 0.2) is 279 Å². The van der Waals surface area contributed by atoms with Gasteiger partial charge < -0.3 is 9.80 Å². The van der Waals surface area contributed by atoms with Crippen LogP contribution in [0.1, 0.15) is 0 Å². The van der Waals surface area contributed by atoms with Crippen LogP contribution in [0.2, 0.25) is 0 Å². The summed E-state index contributed by atoms with van der Waals surface area (Å²) in [6.07, 6.45) is 0. The highest BCUT2D eigenvalue weighted by Gasteiger charge is 2.16. The van der Waals surface area contributed by atoms with Crippen molar-refractivity contribution < 1.29 is 0 Å². The van der Waals surface area contributed by atoms with E-state index in [0.29, 0.717) is 0 Å². The summed E-state index contributed by atoms with van der Waals surface area (Å²) in [5.41, 5.74) is 18.5. The molecule has 0 saturated heterocycles. The van der Waals surface area contributed by atoms with E-state index in [9.17, 15) is 0 Å². The first-order chi connectivity index (χ1) is 32.7. The molecular formula is C64H46N2. The van der Waals surface area contributed by atoms with Gasteiger partial charge in [0.2, 0.25) is 0 Å². The molecule has 0 bridgehead atoms. The third kappa shape index (κ3) is 8.40. The standard InChI is InChI=1S/C64H46N2/c1-4-13-47(14-5-1)51-23-34-59(35-24-51)65(60-36-25-52(26-37-60)48-15-6-2-7-16-48)61-38-27-53(28-39-61)54-29-40-62(41-30-54)66(64-44-33-50-19-10-11-20-58(50)46-64)63-42-31-55(32-43-63)57-22-12-21-56(45-57)49-17-8-3-9-18-49/h1-46H. The first kappa shape index (κ1) is 40.1. The molecule has 2 nitrogen and oxygen atoms in total. The molecule has 66 heavy (non-hydrogen) atoms. The highest BCUT2D eigenvalue weighted by Crippen LogP contribution is 2.40. The van der Waals surface area contributed by atoms with Crippen molar-refractivity contribution >= 4 is 44.9 Å². The first-order valence-electron chi connectivity index (χ1n) is 22.6. The number of benzene rings is 11. The van der Waals surface area contributed by atoms with E-state index in [1.807, 2.05) is 0 Å². The molecule has 312 valence electrons. The monoisotopic (exact) mass is 842 g/mol. The van der Waals surface area contributed by atoms with Gasteiger partial charge >= 0.3 is 0 Å². The van der Waals surface area contributed by atoms with Gasteiger partial charge in [-0.05, 0) is 145 Å². The summed E-state index contributed by atoms with van der Waals surface area (Å²) in [5, 5.41) is 2.43. The van der Waals surface area contributed by atoms with Gasteiger partial charge in [0.15, 0.2) is 0 Å². The normalized spacial score (nSPS) is 11.0. The molecule has 0 saturated carbocycles. The van der Waals surface area contributed by atoms with E-state index in [4.69, 9.17) is 0 Å². The maximum atomic E-state index is 2.35.